The summed E-state index contributed by atoms with van der Waals surface area (Å²) in [4.78, 5) is 18.1. The average Bonchev–Trinajstić information content (AvgIpc) is 2.42. The van der Waals surface area contributed by atoms with Crippen LogP contribution in [0.25, 0.3) is 10.4 Å². The number of nitrogens with one attached hydrogen (secondary N) is 1. The lowest BCUT2D eigenvalue weighted by Crippen LogP contribution is -2.25. The second-order valence-electron chi connectivity index (χ2n) is 3.46. The number of rotatable bonds is 6. The Morgan fingerprint density at radius 1 is 1.56 bits per heavy atom. The Balaban J connectivity index is 2.32. The van der Waals surface area contributed by atoms with Crippen molar-refractivity contribution in [3.8, 4) is 6.07 Å². The summed E-state index contributed by atoms with van der Waals surface area (Å²) in [5.74, 6) is -0.275. The second-order valence-corrected chi connectivity index (χ2v) is 3.46. The van der Waals surface area contributed by atoms with E-state index in [-0.39, 0.29) is 11.6 Å². The van der Waals surface area contributed by atoms with Crippen LogP contribution >= 0.6 is 0 Å². The molecule has 18 heavy (non-hydrogen) atoms. The minimum Gasteiger partial charge on any atom is -0.351 e. The van der Waals surface area contributed by atoms with Gasteiger partial charge in [0.2, 0.25) is 0 Å². The van der Waals surface area contributed by atoms with Crippen molar-refractivity contribution < 1.29 is 4.79 Å². The smallest absolute Gasteiger partial charge is 0.269 e. The molecule has 0 saturated carbocycles. The molecule has 7 nitrogen and oxygen atoms in total. The maximum absolute atomic E-state index is 11.6. The lowest BCUT2D eigenvalue weighted by Gasteiger charge is -2.03. The third kappa shape index (κ3) is 4.51. The Morgan fingerprint density at radius 3 is 3.00 bits per heavy atom. The molecule has 0 aliphatic heterocycles. The number of unbranched alkanes of at least 4 members (excludes halogenated alkanes) is 1. The van der Waals surface area contributed by atoms with E-state index in [1.165, 1.54) is 12.3 Å². The van der Waals surface area contributed by atoms with Crippen LogP contribution in [-0.2, 0) is 0 Å². The summed E-state index contributed by atoms with van der Waals surface area (Å²) in [6.07, 6.45) is 2.82. The molecule has 0 aliphatic rings. The summed E-state index contributed by atoms with van der Waals surface area (Å²) < 4.78 is 0. The molecule has 1 aromatic heterocycles. The van der Waals surface area contributed by atoms with E-state index in [1.807, 2.05) is 6.07 Å². The zero-order chi connectivity index (χ0) is 13.2. The minimum absolute atomic E-state index is 0.275. The first kappa shape index (κ1) is 13.5. The predicted octanol–water partition coefficient (Wildman–Crippen LogP) is 1.77. The fourth-order valence-electron chi connectivity index (χ4n) is 1.24. The summed E-state index contributed by atoms with van der Waals surface area (Å²) in [7, 11) is 0. The Bertz CT molecular complexity index is 483. The van der Waals surface area contributed by atoms with Gasteiger partial charge in [0.05, 0.1) is 5.56 Å². The van der Waals surface area contributed by atoms with Gasteiger partial charge in [-0.05, 0) is 30.5 Å². The molecule has 0 bridgehead atoms. The predicted molar refractivity (Wildman–Crippen MR) is 64.5 cm³/mol. The van der Waals surface area contributed by atoms with Gasteiger partial charge in [-0.3, -0.25) is 4.79 Å². The largest absolute Gasteiger partial charge is 0.351 e. The maximum atomic E-state index is 11.6. The van der Waals surface area contributed by atoms with Crippen LogP contribution in [0.2, 0.25) is 0 Å². The van der Waals surface area contributed by atoms with Gasteiger partial charge in [0.15, 0.2) is 0 Å². The third-order valence-corrected chi connectivity index (χ3v) is 2.16. The van der Waals surface area contributed by atoms with Gasteiger partial charge >= 0.3 is 0 Å². The molecule has 0 spiro atoms. The lowest BCUT2D eigenvalue weighted by atomic mass is 10.2. The Kier molecular flexibility index (Phi) is 5.73. The van der Waals surface area contributed by atoms with Crippen molar-refractivity contribution in [2.75, 3.05) is 13.1 Å². The number of carbonyl (C=O) groups is 1. The normalized spacial score (nSPS) is 9.06. The van der Waals surface area contributed by atoms with Gasteiger partial charge in [-0.15, -0.1) is 0 Å². The number of hydrogen-bond acceptors (Lipinski definition) is 4. The molecule has 0 atom stereocenters. The van der Waals surface area contributed by atoms with Crippen molar-refractivity contribution in [2.45, 2.75) is 12.8 Å². The van der Waals surface area contributed by atoms with Crippen molar-refractivity contribution >= 4 is 5.91 Å². The number of carbonyl (C=O) groups excluding carboxylic acids is 1. The zero-order valence-corrected chi connectivity index (χ0v) is 9.70. The van der Waals surface area contributed by atoms with Crippen molar-refractivity contribution in [3.63, 3.8) is 0 Å². The summed E-state index contributed by atoms with van der Waals surface area (Å²) >= 11 is 0. The first-order valence-corrected chi connectivity index (χ1v) is 5.43. The van der Waals surface area contributed by atoms with Gasteiger partial charge in [0.1, 0.15) is 11.8 Å². The molecule has 0 radical (unpaired) electrons. The number of nitriles is 1. The zero-order valence-electron chi connectivity index (χ0n) is 9.70. The Labute approximate surface area is 104 Å². The molecule has 0 saturated heterocycles. The fraction of sp³-hybridized carbons (Fsp3) is 0.364. The SMILES string of the molecule is N#Cc1ccc(C(=O)NCCCCN=[N+]=[N-])nc1. The number of hydrogen-bond donors (Lipinski definition) is 1. The van der Waals surface area contributed by atoms with Crippen LogP contribution in [0.15, 0.2) is 23.4 Å². The van der Waals surface area contributed by atoms with E-state index in [4.69, 9.17) is 10.8 Å². The van der Waals surface area contributed by atoms with Crippen molar-refractivity contribution in [2.24, 2.45) is 5.11 Å². The summed E-state index contributed by atoms with van der Waals surface area (Å²) in [5.41, 5.74) is 8.76. The molecule has 7 heteroatoms. The standard InChI is InChI=1S/C11H12N6O/c12-7-9-3-4-10(15-8-9)11(18)14-5-1-2-6-16-17-13/h3-4,8H,1-2,5-6H2,(H,14,18). The molecule has 1 N–H and O–H groups in total. The van der Waals surface area contributed by atoms with Crippen molar-refractivity contribution in [1.29, 1.82) is 5.26 Å². The van der Waals surface area contributed by atoms with E-state index in [9.17, 15) is 4.79 Å². The average molecular weight is 244 g/mol. The van der Waals surface area contributed by atoms with E-state index >= 15 is 0 Å². The van der Waals surface area contributed by atoms with Gasteiger partial charge in [0.25, 0.3) is 5.91 Å². The highest BCUT2D eigenvalue weighted by Gasteiger charge is 2.05. The van der Waals surface area contributed by atoms with Crippen LogP contribution in [0, 0.1) is 11.3 Å². The summed E-state index contributed by atoms with van der Waals surface area (Å²) in [5, 5.41) is 14.7. The number of amides is 1. The van der Waals surface area contributed by atoms with Crippen LogP contribution in [0.4, 0.5) is 0 Å². The molecular weight excluding hydrogens is 232 g/mol. The van der Waals surface area contributed by atoms with E-state index in [0.29, 0.717) is 18.7 Å². The second kappa shape index (κ2) is 7.65. The fourth-order valence-corrected chi connectivity index (χ4v) is 1.24. The van der Waals surface area contributed by atoms with E-state index in [1.54, 1.807) is 6.07 Å². The van der Waals surface area contributed by atoms with Crippen molar-refractivity contribution in [3.05, 3.63) is 40.0 Å². The number of pyridine rings is 1. The van der Waals surface area contributed by atoms with Crippen LogP contribution in [0.1, 0.15) is 28.9 Å². The third-order valence-electron chi connectivity index (χ3n) is 2.16. The van der Waals surface area contributed by atoms with E-state index in [2.05, 4.69) is 20.3 Å². The summed E-state index contributed by atoms with van der Waals surface area (Å²) in [6, 6.07) is 4.98. The van der Waals surface area contributed by atoms with E-state index < -0.39 is 0 Å². The van der Waals surface area contributed by atoms with Crippen LogP contribution in [-0.4, -0.2) is 24.0 Å². The van der Waals surface area contributed by atoms with E-state index in [0.717, 1.165) is 12.8 Å². The molecule has 0 unspecified atom stereocenters. The molecule has 0 aromatic carbocycles. The highest BCUT2D eigenvalue weighted by molar-refractivity contribution is 5.92. The number of aromatic nitrogens is 1. The quantitative estimate of drug-likeness (QED) is 0.356. The monoisotopic (exact) mass is 244 g/mol. The summed E-state index contributed by atoms with van der Waals surface area (Å²) in [6.45, 7) is 0.933. The molecular formula is C11H12N6O. The van der Waals surface area contributed by atoms with Crippen LogP contribution < -0.4 is 5.32 Å². The molecule has 1 heterocycles. The molecule has 0 aliphatic carbocycles. The topological polar surface area (TPSA) is 115 Å². The minimum atomic E-state index is -0.275. The van der Waals surface area contributed by atoms with Crippen LogP contribution in [0.5, 0.6) is 0 Å². The van der Waals surface area contributed by atoms with Gasteiger partial charge in [0, 0.05) is 24.2 Å². The van der Waals surface area contributed by atoms with Gasteiger partial charge < -0.3 is 5.32 Å². The molecule has 1 aromatic rings. The highest BCUT2D eigenvalue weighted by atomic mass is 16.1. The van der Waals surface area contributed by atoms with Crippen LogP contribution in [0.3, 0.4) is 0 Å². The Hall–Kier alpha value is -2.58. The van der Waals surface area contributed by atoms with Gasteiger partial charge in [-0.1, -0.05) is 5.11 Å². The lowest BCUT2D eigenvalue weighted by molar-refractivity contribution is 0.0948. The maximum Gasteiger partial charge on any atom is 0.269 e. The molecule has 1 rings (SSSR count). The molecule has 92 valence electrons. The van der Waals surface area contributed by atoms with Crippen molar-refractivity contribution in [1.82, 2.24) is 10.3 Å². The first-order valence-electron chi connectivity index (χ1n) is 5.43. The van der Waals surface area contributed by atoms with Gasteiger partial charge in [-0.2, -0.15) is 5.26 Å². The first-order chi connectivity index (χ1) is 8.77. The Morgan fingerprint density at radius 2 is 2.39 bits per heavy atom. The molecule has 0 fully saturated rings. The highest BCUT2D eigenvalue weighted by Crippen LogP contribution is 1.99. The molecule has 1 amide bonds. The van der Waals surface area contributed by atoms with Gasteiger partial charge in [-0.25, -0.2) is 4.98 Å². The number of nitrogens with zero attached hydrogens (tertiary/aromatic N) is 5. The number of azide groups is 1.